The summed E-state index contributed by atoms with van der Waals surface area (Å²) in [6.07, 6.45) is 0.535. The van der Waals surface area contributed by atoms with Gasteiger partial charge >= 0.3 is 5.97 Å². The van der Waals surface area contributed by atoms with Crippen LogP contribution in [0.15, 0.2) is 48.5 Å². The number of esters is 1. The van der Waals surface area contributed by atoms with Crippen LogP contribution in [0.5, 0.6) is 5.75 Å². The largest absolute Gasteiger partial charge is 0.483 e. The monoisotopic (exact) mass is 383 g/mol. The van der Waals surface area contributed by atoms with Gasteiger partial charge in [-0.3, -0.25) is 9.59 Å². The van der Waals surface area contributed by atoms with Crippen molar-refractivity contribution in [2.75, 3.05) is 11.9 Å². The van der Waals surface area contributed by atoms with E-state index in [9.17, 15) is 14.4 Å². The standard InChI is InChI=1S/C22H25NO5/c1-4-6-20(24)23-18-11-7-16(8-12-18)21(25)15(3)28-19-13-9-17(10-14-19)22(26)27-5-2/h7-15H,4-6H2,1-3H3,(H,23,24). The van der Waals surface area contributed by atoms with Crippen LogP contribution in [0.2, 0.25) is 0 Å². The first-order valence-corrected chi connectivity index (χ1v) is 9.32. The molecule has 0 aromatic heterocycles. The zero-order valence-electron chi connectivity index (χ0n) is 16.4. The molecule has 1 N–H and O–H groups in total. The predicted molar refractivity (Wildman–Crippen MR) is 107 cm³/mol. The van der Waals surface area contributed by atoms with Crippen molar-refractivity contribution in [3.63, 3.8) is 0 Å². The number of nitrogens with one attached hydrogen (secondary N) is 1. The zero-order valence-corrected chi connectivity index (χ0v) is 16.4. The summed E-state index contributed by atoms with van der Waals surface area (Å²) in [6.45, 7) is 5.66. The van der Waals surface area contributed by atoms with E-state index in [0.717, 1.165) is 6.42 Å². The second-order valence-corrected chi connectivity index (χ2v) is 6.24. The van der Waals surface area contributed by atoms with Crippen LogP contribution in [-0.4, -0.2) is 30.4 Å². The fourth-order valence-electron chi connectivity index (χ4n) is 2.54. The molecule has 0 saturated heterocycles. The summed E-state index contributed by atoms with van der Waals surface area (Å²) < 4.78 is 10.6. The van der Waals surface area contributed by atoms with Gasteiger partial charge in [0, 0.05) is 17.7 Å². The van der Waals surface area contributed by atoms with E-state index in [1.54, 1.807) is 62.4 Å². The molecule has 0 saturated carbocycles. The molecule has 0 radical (unpaired) electrons. The number of hydrogen-bond donors (Lipinski definition) is 1. The SMILES string of the molecule is CCCC(=O)Nc1ccc(C(=O)C(C)Oc2ccc(C(=O)OCC)cc2)cc1. The molecule has 0 aliphatic heterocycles. The zero-order chi connectivity index (χ0) is 20.5. The molecular weight excluding hydrogens is 358 g/mol. The Morgan fingerprint density at radius 1 is 0.929 bits per heavy atom. The summed E-state index contributed by atoms with van der Waals surface area (Å²) in [6, 6.07) is 13.2. The van der Waals surface area contributed by atoms with Crippen molar-refractivity contribution in [3.8, 4) is 5.75 Å². The van der Waals surface area contributed by atoms with Crippen LogP contribution in [0, 0.1) is 0 Å². The van der Waals surface area contributed by atoms with E-state index in [1.165, 1.54) is 0 Å². The average molecular weight is 383 g/mol. The van der Waals surface area contributed by atoms with Gasteiger partial charge in [0.25, 0.3) is 0 Å². The number of benzene rings is 2. The quantitative estimate of drug-likeness (QED) is 0.517. The van der Waals surface area contributed by atoms with Gasteiger partial charge in [0.15, 0.2) is 6.10 Å². The lowest BCUT2D eigenvalue weighted by molar-refractivity contribution is -0.116. The first kappa shape index (κ1) is 21.2. The van der Waals surface area contributed by atoms with Crippen molar-refractivity contribution in [3.05, 3.63) is 59.7 Å². The second-order valence-electron chi connectivity index (χ2n) is 6.24. The maximum atomic E-state index is 12.6. The van der Waals surface area contributed by atoms with Gasteiger partial charge in [0.1, 0.15) is 5.75 Å². The highest BCUT2D eigenvalue weighted by molar-refractivity contribution is 6.00. The number of rotatable bonds is 9. The third-order valence-corrected chi connectivity index (χ3v) is 3.98. The Labute approximate surface area is 164 Å². The Morgan fingerprint density at radius 3 is 2.11 bits per heavy atom. The van der Waals surface area contributed by atoms with Crippen molar-refractivity contribution in [2.24, 2.45) is 0 Å². The minimum absolute atomic E-state index is 0.0513. The van der Waals surface area contributed by atoms with Crippen molar-refractivity contribution in [1.29, 1.82) is 0 Å². The third-order valence-electron chi connectivity index (χ3n) is 3.98. The van der Waals surface area contributed by atoms with E-state index in [-0.39, 0.29) is 11.7 Å². The van der Waals surface area contributed by atoms with Gasteiger partial charge in [-0.15, -0.1) is 0 Å². The molecule has 0 aliphatic carbocycles. The molecular formula is C22H25NO5. The van der Waals surface area contributed by atoms with Gasteiger partial charge in [-0.1, -0.05) is 6.92 Å². The lowest BCUT2D eigenvalue weighted by Crippen LogP contribution is -2.24. The normalized spacial score (nSPS) is 11.4. The number of amides is 1. The number of ketones is 1. The topological polar surface area (TPSA) is 81.7 Å². The van der Waals surface area contributed by atoms with Crippen LogP contribution < -0.4 is 10.1 Å². The molecule has 2 aromatic rings. The van der Waals surface area contributed by atoms with Gasteiger partial charge in [-0.25, -0.2) is 4.79 Å². The van der Waals surface area contributed by atoms with Gasteiger partial charge in [-0.2, -0.15) is 0 Å². The van der Waals surface area contributed by atoms with Crippen molar-refractivity contribution in [1.82, 2.24) is 0 Å². The van der Waals surface area contributed by atoms with Gasteiger partial charge in [-0.05, 0) is 68.8 Å². The molecule has 28 heavy (non-hydrogen) atoms. The highest BCUT2D eigenvalue weighted by Gasteiger charge is 2.17. The predicted octanol–water partition coefficient (Wildman–Crippen LogP) is 4.25. The summed E-state index contributed by atoms with van der Waals surface area (Å²) in [7, 11) is 0. The molecule has 0 heterocycles. The molecule has 0 fully saturated rings. The molecule has 2 aromatic carbocycles. The summed E-state index contributed by atoms with van der Waals surface area (Å²) in [5, 5.41) is 2.78. The molecule has 0 bridgehead atoms. The summed E-state index contributed by atoms with van der Waals surface area (Å²) in [5.74, 6) is -0.146. The Hall–Kier alpha value is -3.15. The number of Topliss-reactive ketones (excluding diaryl/α,β-unsaturated/α-hetero) is 1. The Kier molecular flexibility index (Phi) is 7.75. The molecule has 6 heteroatoms. The molecule has 6 nitrogen and oxygen atoms in total. The number of anilines is 1. The van der Waals surface area contributed by atoms with Gasteiger partial charge < -0.3 is 14.8 Å². The molecule has 0 spiro atoms. The third kappa shape index (κ3) is 5.94. The number of hydrogen-bond acceptors (Lipinski definition) is 5. The number of carbonyl (C=O) groups excluding carboxylic acids is 3. The Balaban J connectivity index is 1.96. The van der Waals surface area contributed by atoms with Crippen LogP contribution in [0.4, 0.5) is 5.69 Å². The summed E-state index contributed by atoms with van der Waals surface area (Å²) in [4.78, 5) is 35.8. The van der Waals surface area contributed by atoms with E-state index in [4.69, 9.17) is 9.47 Å². The molecule has 2 rings (SSSR count). The maximum absolute atomic E-state index is 12.6. The van der Waals surface area contributed by atoms with E-state index < -0.39 is 12.1 Å². The van der Waals surface area contributed by atoms with Crippen molar-refractivity contribution >= 4 is 23.3 Å². The molecule has 1 atom stereocenters. The summed E-state index contributed by atoms with van der Waals surface area (Å²) in [5.41, 5.74) is 1.57. The number of ether oxygens (including phenoxy) is 2. The minimum atomic E-state index is -0.700. The van der Waals surface area contributed by atoms with E-state index in [1.807, 2.05) is 6.92 Å². The number of carbonyl (C=O) groups is 3. The Morgan fingerprint density at radius 2 is 1.54 bits per heavy atom. The molecule has 148 valence electrons. The lowest BCUT2D eigenvalue weighted by atomic mass is 10.1. The Bertz CT molecular complexity index is 812. The van der Waals surface area contributed by atoms with E-state index >= 15 is 0 Å². The van der Waals surface area contributed by atoms with Gasteiger partial charge in [0.2, 0.25) is 11.7 Å². The highest BCUT2D eigenvalue weighted by Crippen LogP contribution is 2.18. The van der Waals surface area contributed by atoms with Crippen LogP contribution >= 0.6 is 0 Å². The highest BCUT2D eigenvalue weighted by atomic mass is 16.5. The van der Waals surface area contributed by atoms with Crippen molar-refractivity contribution in [2.45, 2.75) is 39.7 Å². The van der Waals surface area contributed by atoms with Crippen LogP contribution in [0.3, 0.4) is 0 Å². The molecule has 0 aliphatic rings. The second kappa shape index (κ2) is 10.3. The first-order valence-electron chi connectivity index (χ1n) is 9.32. The van der Waals surface area contributed by atoms with Crippen LogP contribution in [0.1, 0.15) is 54.3 Å². The van der Waals surface area contributed by atoms with Crippen molar-refractivity contribution < 1.29 is 23.9 Å². The first-order chi connectivity index (χ1) is 13.4. The van der Waals surface area contributed by atoms with Gasteiger partial charge in [0.05, 0.1) is 12.2 Å². The fourth-order valence-corrected chi connectivity index (χ4v) is 2.54. The van der Waals surface area contributed by atoms with E-state index in [0.29, 0.717) is 35.6 Å². The summed E-state index contributed by atoms with van der Waals surface area (Å²) >= 11 is 0. The fraction of sp³-hybridized carbons (Fsp3) is 0.318. The average Bonchev–Trinajstić information content (AvgIpc) is 2.69. The van der Waals surface area contributed by atoms with Crippen LogP contribution in [0.25, 0.3) is 0 Å². The smallest absolute Gasteiger partial charge is 0.338 e. The lowest BCUT2D eigenvalue weighted by Gasteiger charge is -2.14. The van der Waals surface area contributed by atoms with Crippen LogP contribution in [-0.2, 0) is 9.53 Å². The minimum Gasteiger partial charge on any atom is -0.483 e. The maximum Gasteiger partial charge on any atom is 0.338 e. The molecule has 1 unspecified atom stereocenters. The van der Waals surface area contributed by atoms with E-state index in [2.05, 4.69) is 5.32 Å². The molecule has 1 amide bonds.